The minimum atomic E-state index is 0.169. The Kier molecular flexibility index (Phi) is 5.32. The Morgan fingerprint density at radius 2 is 1.85 bits per heavy atom. The van der Waals surface area contributed by atoms with Crippen LogP contribution in [0.25, 0.3) is 28.0 Å². The molecule has 0 aliphatic rings. The molecular weight excluding hydrogens is 426 g/mol. The summed E-state index contributed by atoms with van der Waals surface area (Å²) in [5.41, 5.74) is 13.0. The summed E-state index contributed by atoms with van der Waals surface area (Å²) in [7, 11) is 0. The average molecular weight is 448 g/mol. The molecule has 3 N–H and O–H groups in total. The molecule has 0 spiro atoms. The van der Waals surface area contributed by atoms with Crippen LogP contribution in [0, 0.1) is 25.2 Å². The molecule has 9 nitrogen and oxygen atoms in total. The first-order valence-electron chi connectivity index (χ1n) is 10.7. The third-order valence-electron chi connectivity index (χ3n) is 5.48. The monoisotopic (exact) mass is 447 g/mol. The van der Waals surface area contributed by atoms with Gasteiger partial charge in [-0.1, -0.05) is 24.3 Å². The van der Waals surface area contributed by atoms with E-state index in [1.807, 2.05) is 56.3 Å². The number of nitrogens with one attached hydrogen (secondary N) is 1. The van der Waals surface area contributed by atoms with Gasteiger partial charge in [0.25, 0.3) is 0 Å². The van der Waals surface area contributed by atoms with Gasteiger partial charge in [0.1, 0.15) is 0 Å². The molecule has 5 aromatic rings. The van der Waals surface area contributed by atoms with Gasteiger partial charge in [0, 0.05) is 23.7 Å². The molecule has 0 unspecified atom stereocenters. The predicted octanol–water partition coefficient (Wildman–Crippen LogP) is 3.93. The van der Waals surface area contributed by atoms with Gasteiger partial charge in [0.05, 0.1) is 35.1 Å². The Hall–Kier alpha value is -4.84. The number of fused-ring (bicyclic) bond motifs is 1. The van der Waals surface area contributed by atoms with Crippen LogP contribution in [0.3, 0.4) is 0 Å². The van der Waals surface area contributed by atoms with Crippen LogP contribution in [0.5, 0.6) is 0 Å². The Labute approximate surface area is 196 Å². The number of benzene rings is 1. The molecule has 166 valence electrons. The van der Waals surface area contributed by atoms with Crippen LogP contribution < -0.4 is 11.1 Å². The molecule has 0 atom stereocenters. The highest BCUT2D eigenvalue weighted by molar-refractivity contribution is 5.93. The normalized spacial score (nSPS) is 10.9. The molecule has 0 aliphatic carbocycles. The van der Waals surface area contributed by atoms with E-state index in [0.717, 1.165) is 28.1 Å². The van der Waals surface area contributed by atoms with Crippen LogP contribution >= 0.6 is 0 Å². The summed E-state index contributed by atoms with van der Waals surface area (Å²) in [6, 6.07) is 17.3. The summed E-state index contributed by atoms with van der Waals surface area (Å²) in [5, 5.41) is 17.5. The second-order valence-electron chi connectivity index (χ2n) is 7.84. The van der Waals surface area contributed by atoms with Gasteiger partial charge in [0.15, 0.2) is 5.65 Å². The fourth-order valence-corrected chi connectivity index (χ4v) is 3.88. The Morgan fingerprint density at radius 1 is 1.00 bits per heavy atom. The highest BCUT2D eigenvalue weighted by Crippen LogP contribution is 2.37. The molecule has 0 saturated carbocycles. The first-order chi connectivity index (χ1) is 16.5. The first kappa shape index (κ1) is 21.0. The molecule has 5 rings (SSSR count). The van der Waals surface area contributed by atoms with Crippen LogP contribution in [0.15, 0.2) is 60.9 Å². The maximum Gasteiger partial charge on any atom is 0.243 e. The highest BCUT2D eigenvalue weighted by atomic mass is 15.4. The van der Waals surface area contributed by atoms with Gasteiger partial charge in [-0.05, 0) is 49.2 Å². The van der Waals surface area contributed by atoms with Crippen molar-refractivity contribution in [2.45, 2.75) is 20.4 Å². The molecule has 4 heterocycles. The summed E-state index contributed by atoms with van der Waals surface area (Å²) < 4.78 is 1.51. The summed E-state index contributed by atoms with van der Waals surface area (Å²) in [6.07, 6.45) is 3.50. The number of nitrogen functional groups attached to an aromatic ring is 1. The number of anilines is 2. The van der Waals surface area contributed by atoms with Crippen molar-refractivity contribution in [1.29, 1.82) is 5.26 Å². The van der Waals surface area contributed by atoms with E-state index in [1.165, 1.54) is 4.52 Å². The zero-order chi connectivity index (χ0) is 23.7. The molecule has 1 aromatic carbocycles. The molecule has 0 aliphatic heterocycles. The van der Waals surface area contributed by atoms with Gasteiger partial charge in [-0.3, -0.25) is 9.97 Å². The highest BCUT2D eigenvalue weighted by Gasteiger charge is 2.22. The predicted molar refractivity (Wildman–Crippen MR) is 130 cm³/mol. The number of hydrogen-bond donors (Lipinski definition) is 2. The van der Waals surface area contributed by atoms with Crippen molar-refractivity contribution in [2.24, 2.45) is 0 Å². The molecule has 0 bridgehead atoms. The topological polar surface area (TPSA) is 131 Å². The molecule has 34 heavy (non-hydrogen) atoms. The Balaban J connectivity index is 1.71. The van der Waals surface area contributed by atoms with E-state index >= 15 is 0 Å². The van der Waals surface area contributed by atoms with Crippen molar-refractivity contribution in [3.8, 4) is 28.5 Å². The first-order valence-corrected chi connectivity index (χ1v) is 10.7. The Morgan fingerprint density at radius 3 is 2.65 bits per heavy atom. The van der Waals surface area contributed by atoms with Crippen molar-refractivity contribution >= 4 is 17.5 Å². The molecule has 4 aromatic heterocycles. The molecular formula is C25H21N9. The van der Waals surface area contributed by atoms with Crippen LogP contribution in [-0.4, -0.2) is 29.5 Å². The van der Waals surface area contributed by atoms with Gasteiger partial charge < -0.3 is 11.1 Å². The van der Waals surface area contributed by atoms with Crippen LogP contribution in [0.2, 0.25) is 0 Å². The van der Waals surface area contributed by atoms with E-state index in [0.29, 0.717) is 35.0 Å². The lowest BCUT2D eigenvalue weighted by Crippen LogP contribution is -2.07. The number of aromatic nitrogens is 6. The summed E-state index contributed by atoms with van der Waals surface area (Å²) in [5.74, 6) is 0.568. The molecule has 0 radical (unpaired) electrons. The van der Waals surface area contributed by atoms with Crippen LogP contribution in [0.1, 0.15) is 22.5 Å². The van der Waals surface area contributed by atoms with E-state index in [-0.39, 0.29) is 5.95 Å². The molecule has 0 amide bonds. The van der Waals surface area contributed by atoms with E-state index in [4.69, 9.17) is 10.7 Å². The quantitative estimate of drug-likeness (QED) is 0.414. The minimum Gasteiger partial charge on any atom is -0.368 e. The van der Waals surface area contributed by atoms with Crippen LogP contribution in [-0.2, 0) is 6.54 Å². The van der Waals surface area contributed by atoms with Crippen molar-refractivity contribution in [1.82, 2.24) is 29.5 Å². The zero-order valence-corrected chi connectivity index (χ0v) is 18.7. The SMILES string of the molecule is Cc1cccc(CNc2nc3c(-c4ccncc4C)c(-c4ccccc4C#N)nc(N)n3n2)n1. The summed E-state index contributed by atoms with van der Waals surface area (Å²) in [6.45, 7) is 4.37. The van der Waals surface area contributed by atoms with Crippen LogP contribution in [0.4, 0.5) is 11.9 Å². The van der Waals surface area contributed by atoms with Crippen molar-refractivity contribution in [3.63, 3.8) is 0 Å². The second-order valence-corrected chi connectivity index (χ2v) is 7.84. The van der Waals surface area contributed by atoms with Crippen molar-refractivity contribution in [2.75, 3.05) is 11.1 Å². The Bertz CT molecular complexity index is 1560. The smallest absolute Gasteiger partial charge is 0.243 e. The third kappa shape index (κ3) is 3.78. The van der Waals surface area contributed by atoms with E-state index in [1.54, 1.807) is 18.5 Å². The minimum absolute atomic E-state index is 0.169. The number of nitrogens with zero attached hydrogens (tertiary/aromatic N) is 7. The van der Waals surface area contributed by atoms with E-state index in [9.17, 15) is 5.26 Å². The maximum atomic E-state index is 9.71. The second kappa shape index (κ2) is 8.60. The number of pyridine rings is 2. The third-order valence-corrected chi connectivity index (χ3v) is 5.48. The van der Waals surface area contributed by atoms with Gasteiger partial charge in [-0.25, -0.2) is 4.98 Å². The standard InChI is InChI=1S/C25H21N9/c1-15-13-28-11-10-19(15)21-22(20-9-4-3-7-17(20)12-26)31-24(27)34-23(21)32-25(33-34)29-14-18-8-5-6-16(2)30-18/h3-11,13H,14H2,1-2H3,(H2,27,31)(H,29,33). The van der Waals surface area contributed by atoms with Gasteiger partial charge >= 0.3 is 0 Å². The lowest BCUT2D eigenvalue weighted by Gasteiger charge is -2.14. The maximum absolute atomic E-state index is 9.71. The number of nitriles is 1. The van der Waals surface area contributed by atoms with Gasteiger partial charge in [-0.15, -0.1) is 5.10 Å². The van der Waals surface area contributed by atoms with E-state index < -0.39 is 0 Å². The number of hydrogen-bond acceptors (Lipinski definition) is 8. The average Bonchev–Trinajstić information content (AvgIpc) is 3.28. The molecule has 0 fully saturated rings. The summed E-state index contributed by atoms with van der Waals surface area (Å²) >= 11 is 0. The lowest BCUT2D eigenvalue weighted by atomic mass is 9.95. The van der Waals surface area contributed by atoms with Crippen molar-refractivity contribution < 1.29 is 0 Å². The van der Waals surface area contributed by atoms with Gasteiger partial charge in [-0.2, -0.15) is 14.8 Å². The van der Waals surface area contributed by atoms with Gasteiger partial charge in [0.2, 0.25) is 11.9 Å². The number of rotatable bonds is 5. The fraction of sp³-hybridized carbons (Fsp3) is 0.120. The number of nitrogens with two attached hydrogens (primary N) is 1. The lowest BCUT2D eigenvalue weighted by molar-refractivity contribution is 0.926. The molecule has 0 saturated heterocycles. The van der Waals surface area contributed by atoms with E-state index in [2.05, 4.69) is 31.4 Å². The fourth-order valence-electron chi connectivity index (χ4n) is 3.88. The number of aryl methyl sites for hydroxylation is 2. The summed E-state index contributed by atoms with van der Waals surface area (Å²) in [4.78, 5) is 18.2. The molecule has 9 heteroatoms. The largest absolute Gasteiger partial charge is 0.368 e. The van der Waals surface area contributed by atoms with Crippen molar-refractivity contribution in [3.05, 3.63) is 83.4 Å². The zero-order valence-electron chi connectivity index (χ0n) is 18.7.